The van der Waals surface area contributed by atoms with Crippen LogP contribution in [0.15, 0.2) is 36.5 Å². The highest BCUT2D eigenvalue weighted by molar-refractivity contribution is 5.18. The molecule has 5 heteroatoms. The summed E-state index contributed by atoms with van der Waals surface area (Å²) in [6.45, 7) is 0. The molecule has 102 valence electrons. The number of nitriles is 1. The number of rotatable bonds is 5. The first-order valence-corrected chi connectivity index (χ1v) is 6.87. The summed E-state index contributed by atoms with van der Waals surface area (Å²) in [6, 6.07) is 12.4. The quantitative estimate of drug-likeness (QED) is 0.897. The Hall–Kier alpha value is -2.19. The maximum Gasteiger partial charge on any atom is 0.150 e. The first-order chi connectivity index (χ1) is 9.73. The lowest BCUT2D eigenvalue weighted by molar-refractivity contribution is 0.516. The van der Waals surface area contributed by atoms with Crippen LogP contribution in [0.3, 0.4) is 0 Å². The topological polar surface area (TPSA) is 80.5 Å². The number of nitrogens with two attached hydrogens (primary N) is 1. The van der Waals surface area contributed by atoms with Crippen molar-refractivity contribution >= 4 is 0 Å². The maximum atomic E-state index is 9.14. The smallest absolute Gasteiger partial charge is 0.150 e. The molecule has 0 saturated heterocycles. The van der Waals surface area contributed by atoms with Gasteiger partial charge in [0.1, 0.15) is 0 Å². The van der Waals surface area contributed by atoms with Crippen LogP contribution in [0.25, 0.3) is 0 Å². The summed E-state index contributed by atoms with van der Waals surface area (Å²) in [5.41, 5.74) is 7.74. The number of benzene rings is 1. The SMILES string of the molecule is N#CC1(n2cc([C@@H](N)CCc3ccccc3)nn2)CC1. The van der Waals surface area contributed by atoms with Crippen LogP contribution >= 0.6 is 0 Å². The summed E-state index contributed by atoms with van der Waals surface area (Å²) in [7, 11) is 0. The summed E-state index contributed by atoms with van der Waals surface area (Å²) >= 11 is 0. The van der Waals surface area contributed by atoms with Crippen molar-refractivity contribution in [2.45, 2.75) is 37.3 Å². The molecule has 1 aromatic carbocycles. The standard InChI is InChI=1S/C15H17N5/c16-11-15(8-9-15)20-10-14(18-19-20)13(17)7-6-12-4-2-1-3-5-12/h1-5,10,13H,6-9,17H2/t13-/m0/s1. The molecule has 0 amide bonds. The third-order valence-electron chi connectivity index (χ3n) is 3.85. The van der Waals surface area contributed by atoms with Gasteiger partial charge in [-0.1, -0.05) is 35.5 Å². The number of nitrogens with zero attached hydrogens (tertiary/aromatic N) is 4. The average molecular weight is 267 g/mol. The minimum absolute atomic E-state index is 0.140. The molecule has 5 nitrogen and oxygen atoms in total. The van der Waals surface area contributed by atoms with Gasteiger partial charge in [-0.15, -0.1) is 5.10 Å². The lowest BCUT2D eigenvalue weighted by Gasteiger charge is -2.08. The fourth-order valence-corrected chi connectivity index (χ4v) is 2.28. The summed E-state index contributed by atoms with van der Waals surface area (Å²) in [4.78, 5) is 0. The molecule has 1 aliphatic rings. The molecule has 1 aliphatic carbocycles. The van der Waals surface area contributed by atoms with Gasteiger partial charge in [0.2, 0.25) is 0 Å². The highest BCUT2D eigenvalue weighted by Gasteiger charge is 2.46. The monoisotopic (exact) mass is 267 g/mol. The Morgan fingerprint density at radius 1 is 1.35 bits per heavy atom. The van der Waals surface area contributed by atoms with Gasteiger partial charge in [-0.05, 0) is 31.2 Å². The van der Waals surface area contributed by atoms with E-state index in [9.17, 15) is 0 Å². The molecule has 2 N–H and O–H groups in total. The van der Waals surface area contributed by atoms with Crippen LogP contribution in [-0.4, -0.2) is 15.0 Å². The normalized spacial score (nSPS) is 17.4. The third kappa shape index (κ3) is 2.43. The van der Waals surface area contributed by atoms with E-state index in [-0.39, 0.29) is 6.04 Å². The molecule has 3 rings (SSSR count). The second-order valence-corrected chi connectivity index (χ2v) is 5.36. The van der Waals surface area contributed by atoms with Crippen molar-refractivity contribution in [3.8, 4) is 6.07 Å². The van der Waals surface area contributed by atoms with E-state index < -0.39 is 5.54 Å². The van der Waals surface area contributed by atoms with Gasteiger partial charge in [0.15, 0.2) is 5.54 Å². The molecule has 1 heterocycles. The van der Waals surface area contributed by atoms with Crippen molar-refractivity contribution in [1.29, 1.82) is 5.26 Å². The summed E-state index contributed by atoms with van der Waals surface area (Å²) < 4.78 is 1.67. The minimum Gasteiger partial charge on any atom is -0.323 e. The van der Waals surface area contributed by atoms with Crippen LogP contribution in [0.5, 0.6) is 0 Å². The predicted molar refractivity (Wildman–Crippen MR) is 74.5 cm³/mol. The van der Waals surface area contributed by atoms with Crippen molar-refractivity contribution in [2.24, 2.45) is 5.73 Å². The van der Waals surface area contributed by atoms with Gasteiger partial charge < -0.3 is 5.73 Å². The number of hydrogen-bond donors (Lipinski definition) is 1. The summed E-state index contributed by atoms with van der Waals surface area (Å²) in [5.74, 6) is 0. The number of hydrogen-bond acceptors (Lipinski definition) is 4. The van der Waals surface area contributed by atoms with Gasteiger partial charge in [-0.25, -0.2) is 4.68 Å². The first kappa shape index (κ1) is 12.8. The van der Waals surface area contributed by atoms with Crippen molar-refractivity contribution < 1.29 is 0 Å². The Morgan fingerprint density at radius 3 is 2.75 bits per heavy atom. The number of aryl methyl sites for hydroxylation is 1. The van der Waals surface area contributed by atoms with Gasteiger partial charge in [0.05, 0.1) is 24.0 Å². The lowest BCUT2D eigenvalue weighted by atomic mass is 10.0. The fourth-order valence-electron chi connectivity index (χ4n) is 2.28. The Kier molecular flexibility index (Phi) is 3.25. The molecular weight excluding hydrogens is 250 g/mol. The molecule has 20 heavy (non-hydrogen) atoms. The molecule has 0 aliphatic heterocycles. The average Bonchev–Trinajstić information content (AvgIpc) is 3.14. The van der Waals surface area contributed by atoms with Gasteiger partial charge in [-0.2, -0.15) is 5.26 Å². The van der Waals surface area contributed by atoms with E-state index in [0.717, 1.165) is 31.4 Å². The molecular formula is C15H17N5. The molecule has 1 atom stereocenters. The molecule has 2 aromatic rings. The fraction of sp³-hybridized carbons (Fsp3) is 0.400. The second kappa shape index (κ2) is 5.06. The van der Waals surface area contributed by atoms with E-state index in [0.29, 0.717) is 0 Å². The third-order valence-corrected chi connectivity index (χ3v) is 3.85. The molecule has 1 fully saturated rings. The van der Waals surface area contributed by atoms with Crippen LogP contribution in [0.4, 0.5) is 0 Å². The largest absolute Gasteiger partial charge is 0.323 e. The molecule has 0 bridgehead atoms. The molecule has 0 radical (unpaired) electrons. The lowest BCUT2D eigenvalue weighted by Crippen LogP contribution is -2.15. The van der Waals surface area contributed by atoms with E-state index in [4.69, 9.17) is 11.0 Å². The Balaban J connectivity index is 1.63. The number of aromatic nitrogens is 3. The van der Waals surface area contributed by atoms with E-state index >= 15 is 0 Å². The summed E-state index contributed by atoms with van der Waals surface area (Å²) in [6.07, 6.45) is 5.27. The van der Waals surface area contributed by atoms with Crippen LogP contribution < -0.4 is 5.73 Å². The second-order valence-electron chi connectivity index (χ2n) is 5.36. The van der Waals surface area contributed by atoms with Crippen molar-refractivity contribution in [3.63, 3.8) is 0 Å². The van der Waals surface area contributed by atoms with Crippen molar-refractivity contribution in [3.05, 3.63) is 47.8 Å². The van der Waals surface area contributed by atoms with Gasteiger partial charge >= 0.3 is 0 Å². The van der Waals surface area contributed by atoms with Gasteiger partial charge in [-0.3, -0.25) is 0 Å². The van der Waals surface area contributed by atoms with Crippen LogP contribution in [0.2, 0.25) is 0 Å². The zero-order valence-corrected chi connectivity index (χ0v) is 11.2. The summed E-state index contributed by atoms with van der Waals surface area (Å²) in [5, 5.41) is 17.3. The molecule has 0 unspecified atom stereocenters. The van der Waals surface area contributed by atoms with Gasteiger partial charge in [0, 0.05) is 0 Å². The Bertz CT molecular complexity index is 621. The van der Waals surface area contributed by atoms with E-state index in [2.05, 4.69) is 28.5 Å². The molecule has 0 spiro atoms. The highest BCUT2D eigenvalue weighted by atomic mass is 15.5. The molecule has 1 saturated carbocycles. The highest BCUT2D eigenvalue weighted by Crippen LogP contribution is 2.42. The van der Waals surface area contributed by atoms with Crippen LogP contribution in [0.1, 0.15) is 36.6 Å². The predicted octanol–water partition coefficient (Wildman–Crippen LogP) is 1.92. The van der Waals surface area contributed by atoms with E-state index in [1.54, 1.807) is 4.68 Å². The van der Waals surface area contributed by atoms with Gasteiger partial charge in [0.25, 0.3) is 0 Å². The maximum absolute atomic E-state index is 9.14. The Morgan fingerprint density at radius 2 is 2.10 bits per heavy atom. The molecule has 1 aromatic heterocycles. The van der Waals surface area contributed by atoms with Crippen LogP contribution in [0, 0.1) is 11.3 Å². The minimum atomic E-state index is -0.454. The van der Waals surface area contributed by atoms with Crippen LogP contribution in [-0.2, 0) is 12.0 Å². The van der Waals surface area contributed by atoms with E-state index in [1.807, 2.05) is 24.4 Å². The zero-order chi connectivity index (χ0) is 14.0. The Labute approximate surface area is 118 Å². The van der Waals surface area contributed by atoms with E-state index in [1.165, 1.54) is 5.56 Å². The van der Waals surface area contributed by atoms with Crippen molar-refractivity contribution in [1.82, 2.24) is 15.0 Å². The first-order valence-electron chi connectivity index (χ1n) is 6.87. The zero-order valence-electron chi connectivity index (χ0n) is 11.2. The van der Waals surface area contributed by atoms with Crippen molar-refractivity contribution in [2.75, 3.05) is 0 Å².